The van der Waals surface area contributed by atoms with Crippen LogP contribution in [0.25, 0.3) is 0 Å². The Kier molecular flexibility index (Phi) is 4.30. The van der Waals surface area contributed by atoms with Crippen molar-refractivity contribution in [3.05, 3.63) is 29.8 Å². The molecule has 22 heavy (non-hydrogen) atoms. The van der Waals surface area contributed by atoms with Gasteiger partial charge in [0, 0.05) is 25.3 Å². The van der Waals surface area contributed by atoms with Crippen LogP contribution in [0.1, 0.15) is 51.0 Å². The number of benzene rings is 1. The third kappa shape index (κ3) is 2.93. The molecule has 4 heteroatoms. The highest BCUT2D eigenvalue weighted by atomic mass is 16.5. The Balaban J connectivity index is 1.95. The van der Waals surface area contributed by atoms with Gasteiger partial charge in [-0.3, -0.25) is 14.5 Å². The predicted molar refractivity (Wildman–Crippen MR) is 83.7 cm³/mol. The van der Waals surface area contributed by atoms with Crippen molar-refractivity contribution in [2.45, 2.75) is 51.0 Å². The second-order valence-corrected chi connectivity index (χ2v) is 6.39. The summed E-state index contributed by atoms with van der Waals surface area (Å²) in [5.41, 5.74) is 1.11. The van der Waals surface area contributed by atoms with Crippen LogP contribution in [-0.2, 0) is 15.1 Å². The van der Waals surface area contributed by atoms with Crippen molar-refractivity contribution in [1.29, 1.82) is 0 Å². The van der Waals surface area contributed by atoms with Gasteiger partial charge in [0.1, 0.15) is 11.5 Å². The van der Waals surface area contributed by atoms with Crippen molar-refractivity contribution in [3.63, 3.8) is 0 Å². The normalized spacial score (nSPS) is 21.8. The third-order valence-corrected chi connectivity index (χ3v) is 4.98. The maximum atomic E-state index is 11.7. The van der Waals surface area contributed by atoms with Crippen LogP contribution in [-0.4, -0.2) is 29.7 Å². The highest BCUT2D eigenvalue weighted by Crippen LogP contribution is 2.43. The summed E-state index contributed by atoms with van der Waals surface area (Å²) in [5, 5.41) is 0. The number of Topliss-reactive ketones (excluding diaryl/α,β-unsaturated/α-hetero) is 1. The Bertz CT molecular complexity index is 565. The molecule has 118 valence electrons. The van der Waals surface area contributed by atoms with Crippen molar-refractivity contribution in [1.82, 2.24) is 4.90 Å². The van der Waals surface area contributed by atoms with Crippen LogP contribution < -0.4 is 4.74 Å². The van der Waals surface area contributed by atoms with E-state index >= 15 is 0 Å². The van der Waals surface area contributed by atoms with Crippen LogP contribution >= 0.6 is 0 Å². The van der Waals surface area contributed by atoms with Gasteiger partial charge in [0.15, 0.2) is 0 Å². The summed E-state index contributed by atoms with van der Waals surface area (Å²) in [7, 11) is 0. The smallest absolute Gasteiger partial charge is 0.308 e. The Morgan fingerprint density at radius 2 is 1.86 bits per heavy atom. The Hall–Kier alpha value is -1.68. The van der Waals surface area contributed by atoms with Crippen LogP contribution in [0.5, 0.6) is 5.75 Å². The highest BCUT2D eigenvalue weighted by Gasteiger charge is 2.42. The van der Waals surface area contributed by atoms with Crippen molar-refractivity contribution in [3.8, 4) is 5.75 Å². The fraction of sp³-hybridized carbons (Fsp3) is 0.556. The Labute approximate surface area is 131 Å². The number of nitrogens with zero attached hydrogens (tertiary/aromatic N) is 1. The maximum Gasteiger partial charge on any atom is 0.308 e. The lowest BCUT2D eigenvalue weighted by Crippen LogP contribution is -2.47. The first-order valence-electron chi connectivity index (χ1n) is 8.16. The third-order valence-electron chi connectivity index (χ3n) is 4.98. The van der Waals surface area contributed by atoms with Crippen molar-refractivity contribution in [2.75, 3.05) is 13.1 Å². The largest absolute Gasteiger partial charge is 0.427 e. The number of likely N-dealkylation sites (tertiary alicyclic amines) is 1. The number of ether oxygens (including phenoxy) is 1. The predicted octanol–water partition coefficient (Wildman–Crippen LogP) is 3.05. The molecule has 1 aromatic carbocycles. The lowest BCUT2D eigenvalue weighted by molar-refractivity contribution is -0.131. The number of carbonyl (C=O) groups excluding carboxylic acids is 2. The zero-order chi connectivity index (χ0) is 15.6. The molecule has 1 saturated carbocycles. The van der Waals surface area contributed by atoms with Gasteiger partial charge in [-0.2, -0.15) is 0 Å². The molecule has 1 aromatic rings. The van der Waals surface area contributed by atoms with E-state index in [4.69, 9.17) is 4.74 Å². The van der Waals surface area contributed by atoms with E-state index in [9.17, 15) is 9.59 Å². The fourth-order valence-electron chi connectivity index (χ4n) is 3.89. The van der Waals surface area contributed by atoms with E-state index in [1.165, 1.54) is 25.3 Å². The molecule has 0 amide bonds. The molecule has 0 bridgehead atoms. The van der Waals surface area contributed by atoms with Gasteiger partial charge in [-0.15, -0.1) is 0 Å². The van der Waals surface area contributed by atoms with E-state index in [0.29, 0.717) is 24.4 Å². The van der Waals surface area contributed by atoms with Gasteiger partial charge < -0.3 is 4.74 Å². The van der Waals surface area contributed by atoms with Crippen LogP contribution in [0.2, 0.25) is 0 Å². The second kappa shape index (κ2) is 6.21. The van der Waals surface area contributed by atoms with E-state index in [2.05, 4.69) is 11.0 Å². The van der Waals surface area contributed by atoms with Crippen molar-refractivity contribution < 1.29 is 14.3 Å². The van der Waals surface area contributed by atoms with Crippen molar-refractivity contribution >= 4 is 11.8 Å². The summed E-state index contributed by atoms with van der Waals surface area (Å²) in [4.78, 5) is 25.5. The molecule has 0 spiro atoms. The SMILES string of the molecule is CC(=O)Oc1cccc(C2(N3CCCC3)CCC(=O)CC2)c1. The molecule has 1 aliphatic carbocycles. The van der Waals surface area contributed by atoms with E-state index in [1.807, 2.05) is 18.2 Å². The van der Waals surface area contributed by atoms with E-state index < -0.39 is 0 Å². The molecule has 0 aromatic heterocycles. The van der Waals surface area contributed by atoms with Gasteiger partial charge in [-0.1, -0.05) is 12.1 Å². The van der Waals surface area contributed by atoms with Crippen LogP contribution in [0.3, 0.4) is 0 Å². The molecule has 0 unspecified atom stereocenters. The van der Waals surface area contributed by atoms with E-state index in [0.717, 1.165) is 25.9 Å². The number of hydrogen-bond acceptors (Lipinski definition) is 4. The molecule has 1 heterocycles. The quantitative estimate of drug-likeness (QED) is 0.636. The van der Waals surface area contributed by atoms with Gasteiger partial charge in [-0.25, -0.2) is 0 Å². The molecule has 4 nitrogen and oxygen atoms in total. The van der Waals surface area contributed by atoms with E-state index in [1.54, 1.807) is 0 Å². The summed E-state index contributed by atoms with van der Waals surface area (Å²) in [5.74, 6) is 0.664. The number of ketones is 1. The monoisotopic (exact) mass is 301 g/mol. The molecule has 3 rings (SSSR count). The minimum atomic E-state index is -0.300. The van der Waals surface area contributed by atoms with Crippen LogP contribution in [0.15, 0.2) is 24.3 Å². The summed E-state index contributed by atoms with van der Waals surface area (Å²) >= 11 is 0. The Morgan fingerprint density at radius 3 is 2.50 bits per heavy atom. The maximum absolute atomic E-state index is 11.7. The number of carbonyl (C=O) groups is 2. The molecule has 0 N–H and O–H groups in total. The van der Waals surface area contributed by atoms with Gasteiger partial charge >= 0.3 is 5.97 Å². The lowest BCUT2D eigenvalue weighted by atomic mass is 9.75. The summed E-state index contributed by atoms with van der Waals surface area (Å²) in [6.45, 7) is 3.60. The summed E-state index contributed by atoms with van der Waals surface area (Å²) in [6.07, 6.45) is 5.48. The van der Waals surface area contributed by atoms with Crippen LogP contribution in [0.4, 0.5) is 0 Å². The first-order chi connectivity index (χ1) is 10.6. The second-order valence-electron chi connectivity index (χ2n) is 6.39. The lowest BCUT2D eigenvalue weighted by Gasteiger charge is -2.45. The van der Waals surface area contributed by atoms with Gasteiger partial charge in [0.25, 0.3) is 0 Å². The Morgan fingerprint density at radius 1 is 1.18 bits per heavy atom. The zero-order valence-electron chi connectivity index (χ0n) is 13.1. The number of rotatable bonds is 3. The first kappa shape index (κ1) is 15.2. The first-order valence-corrected chi connectivity index (χ1v) is 8.16. The summed E-state index contributed by atoms with van der Waals surface area (Å²) < 4.78 is 5.25. The minimum Gasteiger partial charge on any atom is -0.427 e. The van der Waals surface area contributed by atoms with Gasteiger partial charge in [0.05, 0.1) is 0 Å². The van der Waals surface area contributed by atoms with Gasteiger partial charge in [-0.05, 0) is 56.5 Å². The molecule has 2 fully saturated rings. The topological polar surface area (TPSA) is 46.6 Å². The van der Waals surface area contributed by atoms with Crippen LogP contribution in [0, 0.1) is 0 Å². The van der Waals surface area contributed by atoms with Gasteiger partial charge in [0.2, 0.25) is 0 Å². The molecule has 1 aliphatic heterocycles. The number of esters is 1. The standard InChI is InChI=1S/C18H23NO3/c1-14(20)22-17-6-4-5-15(13-17)18(19-11-2-3-12-19)9-7-16(21)8-10-18/h4-6,13H,2-3,7-12H2,1H3. The molecule has 1 saturated heterocycles. The molecule has 0 radical (unpaired) electrons. The molecular weight excluding hydrogens is 278 g/mol. The highest BCUT2D eigenvalue weighted by molar-refractivity contribution is 5.79. The minimum absolute atomic E-state index is 0.0689. The fourth-order valence-corrected chi connectivity index (χ4v) is 3.89. The molecular formula is C18H23NO3. The molecule has 2 aliphatic rings. The molecule has 0 atom stereocenters. The average molecular weight is 301 g/mol. The van der Waals surface area contributed by atoms with E-state index in [-0.39, 0.29) is 11.5 Å². The van der Waals surface area contributed by atoms with Crippen molar-refractivity contribution in [2.24, 2.45) is 0 Å². The number of hydrogen-bond donors (Lipinski definition) is 0. The summed E-state index contributed by atoms with van der Waals surface area (Å²) in [6, 6.07) is 7.86. The average Bonchev–Trinajstić information content (AvgIpc) is 3.03. The zero-order valence-corrected chi connectivity index (χ0v) is 13.1.